The van der Waals surface area contributed by atoms with Gasteiger partial charge in [0.05, 0.1) is 16.6 Å². The molecule has 2 aliphatic rings. The first-order chi connectivity index (χ1) is 8.75. The zero-order valence-electron chi connectivity index (χ0n) is 10.8. The van der Waals surface area contributed by atoms with Gasteiger partial charge in [-0.25, -0.2) is 5.06 Å². The molecule has 1 fully saturated rings. The van der Waals surface area contributed by atoms with Gasteiger partial charge in [-0.2, -0.15) is 0 Å². The van der Waals surface area contributed by atoms with Gasteiger partial charge < -0.3 is 5.73 Å². The lowest BCUT2D eigenvalue weighted by Gasteiger charge is -2.33. The summed E-state index contributed by atoms with van der Waals surface area (Å²) in [6.07, 6.45) is 8.15. The van der Waals surface area contributed by atoms with Crippen molar-refractivity contribution >= 4 is 17.0 Å². The van der Waals surface area contributed by atoms with Gasteiger partial charge in [0.1, 0.15) is 0 Å². The smallest absolute Gasteiger partial charge is 0.155 e. The van der Waals surface area contributed by atoms with Crippen LogP contribution in [0.4, 0.5) is 0 Å². The van der Waals surface area contributed by atoms with Gasteiger partial charge in [-0.1, -0.05) is 19.3 Å². The molecule has 1 aliphatic carbocycles. The van der Waals surface area contributed by atoms with Crippen LogP contribution in [0.15, 0.2) is 17.5 Å². The van der Waals surface area contributed by atoms with E-state index < -0.39 is 0 Å². The zero-order chi connectivity index (χ0) is 12.5. The Morgan fingerprint density at radius 3 is 2.78 bits per heavy atom. The number of aryl methyl sites for hydroxylation is 1. The van der Waals surface area contributed by atoms with Gasteiger partial charge in [0.2, 0.25) is 0 Å². The van der Waals surface area contributed by atoms with Crippen LogP contribution in [0, 0.1) is 6.92 Å². The van der Waals surface area contributed by atoms with Gasteiger partial charge in [0.15, 0.2) is 6.23 Å². The van der Waals surface area contributed by atoms with E-state index in [0.29, 0.717) is 6.04 Å². The number of thiophene rings is 1. The third kappa shape index (κ3) is 2.20. The van der Waals surface area contributed by atoms with E-state index in [2.05, 4.69) is 23.4 Å². The van der Waals surface area contributed by atoms with E-state index in [-0.39, 0.29) is 6.23 Å². The van der Waals surface area contributed by atoms with Crippen molar-refractivity contribution in [1.29, 1.82) is 0 Å². The molecule has 1 aromatic heterocycles. The summed E-state index contributed by atoms with van der Waals surface area (Å²) in [5.41, 5.74) is 8.43. The van der Waals surface area contributed by atoms with E-state index in [1.807, 2.05) is 6.08 Å². The van der Waals surface area contributed by atoms with Crippen molar-refractivity contribution < 1.29 is 4.84 Å². The maximum atomic E-state index is 5.94. The molecule has 3 rings (SSSR count). The number of hydrogen-bond donors (Lipinski definition) is 1. The molecule has 2 N–H and O–H groups in total. The van der Waals surface area contributed by atoms with E-state index in [4.69, 9.17) is 10.6 Å². The minimum atomic E-state index is -0.288. The van der Waals surface area contributed by atoms with E-state index in [9.17, 15) is 0 Å². The van der Waals surface area contributed by atoms with Gasteiger partial charge in [-0.05, 0) is 42.9 Å². The summed E-state index contributed by atoms with van der Waals surface area (Å²) in [6.45, 7) is 2.15. The fourth-order valence-corrected chi connectivity index (χ4v) is 3.80. The Balaban J connectivity index is 1.86. The Bertz CT molecular complexity index is 448. The van der Waals surface area contributed by atoms with Crippen LogP contribution in [0.25, 0.3) is 5.70 Å². The highest BCUT2D eigenvalue weighted by Gasteiger charge is 2.31. The molecular formula is C14H20N2OS. The molecule has 0 aromatic carbocycles. The molecule has 1 aromatic rings. The monoisotopic (exact) mass is 264 g/mol. The minimum Gasteiger partial charge on any atom is -0.301 e. The molecule has 0 bridgehead atoms. The summed E-state index contributed by atoms with van der Waals surface area (Å²) >= 11 is 1.77. The van der Waals surface area contributed by atoms with Gasteiger partial charge in [0.25, 0.3) is 0 Å². The molecule has 1 aliphatic heterocycles. The van der Waals surface area contributed by atoms with Crippen molar-refractivity contribution in [3.8, 4) is 0 Å². The SMILES string of the molecule is Cc1ccsc1C1=CC(N)ON1C1CCCCC1. The summed E-state index contributed by atoms with van der Waals surface area (Å²) in [7, 11) is 0. The fourth-order valence-electron chi connectivity index (χ4n) is 2.86. The third-order valence-corrected chi connectivity index (χ3v) is 4.83. The van der Waals surface area contributed by atoms with Crippen molar-refractivity contribution in [2.24, 2.45) is 5.73 Å². The average molecular weight is 264 g/mol. The molecule has 0 saturated heterocycles. The Labute approximate surface area is 112 Å². The summed E-state index contributed by atoms with van der Waals surface area (Å²) in [6, 6.07) is 2.66. The molecule has 1 unspecified atom stereocenters. The summed E-state index contributed by atoms with van der Waals surface area (Å²) < 4.78 is 0. The van der Waals surface area contributed by atoms with Gasteiger partial charge in [-0.15, -0.1) is 11.3 Å². The number of hydrogen-bond acceptors (Lipinski definition) is 4. The van der Waals surface area contributed by atoms with Crippen LogP contribution in [0.2, 0.25) is 0 Å². The molecule has 3 nitrogen and oxygen atoms in total. The molecule has 1 atom stereocenters. The fraction of sp³-hybridized carbons (Fsp3) is 0.571. The molecule has 98 valence electrons. The molecular weight excluding hydrogens is 244 g/mol. The molecule has 0 radical (unpaired) electrons. The van der Waals surface area contributed by atoms with Crippen LogP contribution < -0.4 is 5.73 Å². The second kappa shape index (κ2) is 5.03. The topological polar surface area (TPSA) is 38.5 Å². The van der Waals surface area contributed by atoms with E-state index >= 15 is 0 Å². The lowest BCUT2D eigenvalue weighted by molar-refractivity contribution is -0.151. The van der Waals surface area contributed by atoms with E-state index in [1.165, 1.54) is 48.2 Å². The molecule has 4 heteroatoms. The number of hydroxylamine groups is 2. The Morgan fingerprint density at radius 2 is 2.11 bits per heavy atom. The Hall–Kier alpha value is -0.840. The predicted octanol–water partition coefficient (Wildman–Crippen LogP) is 3.26. The van der Waals surface area contributed by atoms with Gasteiger partial charge >= 0.3 is 0 Å². The Morgan fingerprint density at radius 1 is 1.33 bits per heavy atom. The normalized spacial score (nSPS) is 25.6. The molecule has 18 heavy (non-hydrogen) atoms. The number of nitrogens with two attached hydrogens (primary N) is 1. The van der Waals surface area contributed by atoms with Crippen LogP contribution in [0.5, 0.6) is 0 Å². The minimum absolute atomic E-state index is 0.288. The maximum Gasteiger partial charge on any atom is 0.155 e. The first-order valence-electron chi connectivity index (χ1n) is 6.73. The largest absolute Gasteiger partial charge is 0.301 e. The first kappa shape index (κ1) is 12.2. The molecule has 0 spiro atoms. The second-order valence-corrected chi connectivity index (χ2v) is 6.09. The summed E-state index contributed by atoms with van der Waals surface area (Å²) in [5, 5.41) is 4.22. The van der Waals surface area contributed by atoms with Crippen LogP contribution in [0.3, 0.4) is 0 Å². The molecule has 0 amide bonds. The molecule has 1 saturated carbocycles. The lowest BCUT2D eigenvalue weighted by atomic mass is 9.95. The average Bonchev–Trinajstić information content (AvgIpc) is 2.96. The van der Waals surface area contributed by atoms with E-state index in [0.717, 1.165) is 0 Å². The van der Waals surface area contributed by atoms with E-state index in [1.54, 1.807) is 11.3 Å². The molecule has 2 heterocycles. The van der Waals surface area contributed by atoms with Gasteiger partial charge in [-0.3, -0.25) is 4.84 Å². The quantitative estimate of drug-likeness (QED) is 0.891. The third-order valence-electron chi connectivity index (χ3n) is 3.80. The zero-order valence-corrected chi connectivity index (χ0v) is 11.6. The second-order valence-electron chi connectivity index (χ2n) is 5.17. The highest BCUT2D eigenvalue weighted by Crippen LogP contribution is 2.37. The van der Waals surface area contributed by atoms with Gasteiger partial charge in [0, 0.05) is 0 Å². The highest BCUT2D eigenvalue weighted by atomic mass is 32.1. The maximum absolute atomic E-state index is 5.94. The van der Waals surface area contributed by atoms with Crippen molar-refractivity contribution in [3.63, 3.8) is 0 Å². The highest BCUT2D eigenvalue weighted by molar-refractivity contribution is 7.11. The summed E-state index contributed by atoms with van der Waals surface area (Å²) in [4.78, 5) is 7.12. The predicted molar refractivity (Wildman–Crippen MR) is 74.8 cm³/mol. The summed E-state index contributed by atoms with van der Waals surface area (Å²) in [5.74, 6) is 0. The number of rotatable bonds is 2. The lowest BCUT2D eigenvalue weighted by Crippen LogP contribution is -2.35. The first-order valence-corrected chi connectivity index (χ1v) is 7.61. The van der Waals surface area contributed by atoms with Crippen molar-refractivity contribution in [2.75, 3.05) is 0 Å². The van der Waals surface area contributed by atoms with Crippen LogP contribution in [-0.2, 0) is 4.84 Å². The van der Waals surface area contributed by atoms with Crippen LogP contribution in [-0.4, -0.2) is 17.3 Å². The number of nitrogens with zero attached hydrogens (tertiary/aromatic N) is 1. The van der Waals surface area contributed by atoms with Crippen molar-refractivity contribution in [2.45, 2.75) is 51.3 Å². The standard InChI is InChI=1S/C14H20N2OS/c1-10-7-8-18-14(10)12-9-13(15)17-16(12)11-5-3-2-4-6-11/h7-9,11,13H,2-6,15H2,1H3. The Kier molecular flexibility index (Phi) is 3.41. The van der Waals surface area contributed by atoms with Crippen molar-refractivity contribution in [1.82, 2.24) is 5.06 Å². The van der Waals surface area contributed by atoms with Crippen LogP contribution in [0.1, 0.15) is 42.5 Å². The van der Waals surface area contributed by atoms with Crippen molar-refractivity contribution in [3.05, 3.63) is 28.0 Å². The van der Waals surface area contributed by atoms with Crippen LogP contribution >= 0.6 is 11.3 Å².